The van der Waals surface area contributed by atoms with E-state index in [2.05, 4.69) is 4.74 Å². The van der Waals surface area contributed by atoms with Gasteiger partial charge in [-0.15, -0.1) is 0 Å². The monoisotopic (exact) mass is 570 g/mol. The number of alkyl halides is 2. The zero-order chi connectivity index (χ0) is 29.2. The summed E-state index contributed by atoms with van der Waals surface area (Å²) in [6, 6.07) is 8.36. The van der Waals surface area contributed by atoms with Gasteiger partial charge in [-0.25, -0.2) is 30.7 Å². The molecule has 0 saturated carbocycles. The Kier molecular flexibility index (Phi) is 8.32. The predicted molar refractivity (Wildman–Crippen MR) is 129 cm³/mol. The fraction of sp³-hybridized carbons (Fsp3) is 0.172. The van der Waals surface area contributed by atoms with E-state index >= 15 is 0 Å². The van der Waals surface area contributed by atoms with E-state index in [1.54, 1.807) is 0 Å². The van der Waals surface area contributed by atoms with Crippen LogP contribution >= 0.6 is 0 Å². The summed E-state index contributed by atoms with van der Waals surface area (Å²) in [5.74, 6) is -11.0. The highest BCUT2D eigenvalue weighted by Gasteiger charge is 2.34. The minimum Gasteiger partial charge on any atom is -0.480 e. The number of benzene rings is 4. The number of rotatable bonds is 9. The van der Waals surface area contributed by atoms with Crippen LogP contribution < -0.4 is 9.47 Å². The zero-order valence-corrected chi connectivity index (χ0v) is 20.6. The van der Waals surface area contributed by atoms with E-state index in [9.17, 15) is 39.5 Å². The highest BCUT2D eigenvalue weighted by Crippen LogP contribution is 2.35. The van der Waals surface area contributed by atoms with Crippen molar-refractivity contribution in [1.29, 1.82) is 0 Å². The second kappa shape index (κ2) is 11.5. The van der Waals surface area contributed by atoms with E-state index in [-0.39, 0.29) is 5.56 Å². The lowest BCUT2D eigenvalue weighted by Gasteiger charge is -2.19. The summed E-state index contributed by atoms with van der Waals surface area (Å²) in [7, 11) is 0. The Morgan fingerprint density at radius 3 is 1.85 bits per heavy atom. The van der Waals surface area contributed by atoms with Crippen molar-refractivity contribution in [3.63, 3.8) is 0 Å². The van der Waals surface area contributed by atoms with Crippen molar-refractivity contribution < 1.29 is 49.0 Å². The molecule has 0 N–H and O–H groups in total. The third-order valence-electron chi connectivity index (χ3n) is 5.76. The Morgan fingerprint density at radius 1 is 0.650 bits per heavy atom. The first-order valence-corrected chi connectivity index (χ1v) is 11.8. The van der Waals surface area contributed by atoms with Crippen LogP contribution in [-0.2, 0) is 6.42 Å². The summed E-state index contributed by atoms with van der Waals surface area (Å²) in [5, 5.41) is 0. The van der Waals surface area contributed by atoms with Crippen LogP contribution in [0.25, 0.3) is 22.3 Å². The SMILES string of the molecule is CCCc1ccc(OCC(F)(F)Oc2ccc(-c3cc(F)c(-c4cc(F)c(F)c(F)c4)c(F)c3)c(F)c2)c(F)c1. The van der Waals surface area contributed by atoms with Crippen LogP contribution in [0, 0.1) is 40.7 Å². The third-order valence-corrected chi connectivity index (χ3v) is 5.76. The molecule has 0 aliphatic rings. The van der Waals surface area contributed by atoms with Gasteiger partial charge in [0.1, 0.15) is 23.2 Å². The fourth-order valence-corrected chi connectivity index (χ4v) is 3.97. The van der Waals surface area contributed by atoms with Crippen molar-refractivity contribution in [3.05, 3.63) is 107 Å². The van der Waals surface area contributed by atoms with Crippen molar-refractivity contribution >= 4 is 0 Å². The van der Waals surface area contributed by atoms with Crippen LogP contribution in [0.15, 0.2) is 60.7 Å². The Bertz CT molecular complexity index is 1510. The Hall–Kier alpha value is -4.15. The molecule has 0 aliphatic heterocycles. The first kappa shape index (κ1) is 28.8. The van der Waals surface area contributed by atoms with Gasteiger partial charge in [0.05, 0.1) is 5.56 Å². The molecule has 0 unspecified atom stereocenters. The van der Waals surface area contributed by atoms with Crippen molar-refractivity contribution in [2.45, 2.75) is 25.9 Å². The van der Waals surface area contributed by atoms with Crippen LogP contribution in [-0.4, -0.2) is 12.7 Å². The van der Waals surface area contributed by atoms with E-state index in [1.165, 1.54) is 18.2 Å². The molecule has 4 aromatic rings. The van der Waals surface area contributed by atoms with Gasteiger partial charge in [0.25, 0.3) is 0 Å². The highest BCUT2D eigenvalue weighted by atomic mass is 19.3. The van der Waals surface area contributed by atoms with Crippen molar-refractivity contribution in [2.24, 2.45) is 0 Å². The summed E-state index contributed by atoms with van der Waals surface area (Å²) in [4.78, 5) is 0. The van der Waals surface area contributed by atoms with Gasteiger partial charge >= 0.3 is 6.11 Å². The molecule has 4 rings (SSSR count). The maximum absolute atomic E-state index is 14.8. The van der Waals surface area contributed by atoms with Gasteiger partial charge in [-0.2, -0.15) is 8.78 Å². The molecule has 0 radical (unpaired) electrons. The summed E-state index contributed by atoms with van der Waals surface area (Å²) in [6.07, 6.45) is -2.66. The van der Waals surface area contributed by atoms with Gasteiger partial charge in [-0.1, -0.05) is 19.4 Å². The molecule has 0 aliphatic carbocycles. The van der Waals surface area contributed by atoms with Gasteiger partial charge in [-0.3, -0.25) is 0 Å². The van der Waals surface area contributed by atoms with Crippen LogP contribution in [0.2, 0.25) is 0 Å². The van der Waals surface area contributed by atoms with E-state index in [0.29, 0.717) is 42.3 Å². The number of ether oxygens (including phenoxy) is 2. The van der Waals surface area contributed by atoms with Crippen LogP contribution in [0.4, 0.5) is 39.5 Å². The number of halogens is 9. The Balaban J connectivity index is 1.51. The average molecular weight is 570 g/mol. The molecule has 2 nitrogen and oxygen atoms in total. The normalized spacial score (nSPS) is 11.6. The molecule has 4 aromatic carbocycles. The number of hydrogen-bond acceptors (Lipinski definition) is 2. The molecule has 0 saturated heterocycles. The Labute approximate surface area is 222 Å². The maximum Gasteiger partial charge on any atom is 0.433 e. The minimum atomic E-state index is -4.01. The third kappa shape index (κ3) is 6.35. The molecule has 40 heavy (non-hydrogen) atoms. The molecule has 0 atom stereocenters. The van der Waals surface area contributed by atoms with Gasteiger partial charge in [0.2, 0.25) is 0 Å². The lowest BCUT2D eigenvalue weighted by atomic mass is 9.98. The predicted octanol–water partition coefficient (Wildman–Crippen LogP) is 9.00. The van der Waals surface area contributed by atoms with Gasteiger partial charge in [-0.05, 0) is 71.6 Å². The van der Waals surface area contributed by atoms with Crippen LogP contribution in [0.1, 0.15) is 18.9 Å². The fourth-order valence-electron chi connectivity index (χ4n) is 3.97. The lowest BCUT2D eigenvalue weighted by Crippen LogP contribution is -2.32. The minimum absolute atomic E-state index is 0.372. The molecular formula is C29H19F9O2. The largest absolute Gasteiger partial charge is 0.480 e. The second-order valence-corrected chi connectivity index (χ2v) is 8.75. The topological polar surface area (TPSA) is 18.5 Å². The lowest BCUT2D eigenvalue weighted by molar-refractivity contribution is -0.195. The average Bonchev–Trinajstić information content (AvgIpc) is 2.86. The summed E-state index contributed by atoms with van der Waals surface area (Å²) in [6.45, 7) is 0.493. The van der Waals surface area contributed by atoms with Crippen molar-refractivity contribution in [1.82, 2.24) is 0 Å². The van der Waals surface area contributed by atoms with Crippen molar-refractivity contribution in [2.75, 3.05) is 6.61 Å². The molecule has 11 heteroatoms. The van der Waals surface area contributed by atoms with Gasteiger partial charge in [0.15, 0.2) is 35.6 Å². The van der Waals surface area contributed by atoms with Crippen LogP contribution in [0.3, 0.4) is 0 Å². The van der Waals surface area contributed by atoms with Gasteiger partial charge in [0, 0.05) is 11.6 Å². The molecule has 0 bridgehead atoms. The quantitative estimate of drug-likeness (QED) is 0.148. The molecule has 0 amide bonds. The zero-order valence-electron chi connectivity index (χ0n) is 20.6. The number of hydrogen-bond donors (Lipinski definition) is 0. The molecule has 0 spiro atoms. The van der Waals surface area contributed by atoms with E-state index in [4.69, 9.17) is 4.74 Å². The molecule has 210 valence electrons. The van der Waals surface area contributed by atoms with E-state index < -0.39 is 81.6 Å². The van der Waals surface area contributed by atoms with E-state index in [0.717, 1.165) is 18.6 Å². The highest BCUT2D eigenvalue weighted by molar-refractivity contribution is 5.72. The van der Waals surface area contributed by atoms with Crippen molar-refractivity contribution in [3.8, 4) is 33.8 Å². The standard InChI is InChI=1S/C29H19F9O2/c1-2-3-15-4-7-26(21(31)8-15)39-14-29(37,38)40-18-5-6-19(20(30)13-18)16-9-22(32)27(23(33)10-16)17-11-24(34)28(36)25(35)12-17/h4-13H,2-3,14H2,1H3. The first-order valence-electron chi connectivity index (χ1n) is 11.8. The molecule has 0 aromatic heterocycles. The molecule has 0 fully saturated rings. The Morgan fingerprint density at radius 2 is 1.27 bits per heavy atom. The first-order chi connectivity index (χ1) is 18.9. The summed E-state index contributed by atoms with van der Waals surface area (Å²) < 4.78 is 137. The maximum atomic E-state index is 14.8. The second-order valence-electron chi connectivity index (χ2n) is 8.75. The van der Waals surface area contributed by atoms with Crippen LogP contribution in [0.5, 0.6) is 11.5 Å². The molecular weight excluding hydrogens is 551 g/mol. The summed E-state index contributed by atoms with van der Waals surface area (Å²) >= 11 is 0. The smallest absolute Gasteiger partial charge is 0.433 e. The van der Waals surface area contributed by atoms with Gasteiger partial charge < -0.3 is 9.47 Å². The number of aryl methyl sites for hydroxylation is 1. The molecule has 0 heterocycles. The van der Waals surface area contributed by atoms with E-state index in [1.807, 2.05) is 6.92 Å². The summed E-state index contributed by atoms with van der Waals surface area (Å²) in [5.41, 5.74) is -1.65.